The third kappa shape index (κ3) is 4.41. The smallest absolute Gasteiger partial charge is 0.325 e. The molecule has 1 aromatic carbocycles. The van der Waals surface area contributed by atoms with Crippen LogP contribution in [-0.2, 0) is 21.5 Å². The number of hydrogen-bond acceptors (Lipinski definition) is 4. The van der Waals surface area contributed by atoms with Crippen LogP contribution in [0.4, 0.5) is 4.79 Å². The summed E-state index contributed by atoms with van der Waals surface area (Å²) in [6.45, 7) is 7.54. The topological polar surface area (TPSA) is 78.5 Å². The molecule has 0 bridgehead atoms. The van der Waals surface area contributed by atoms with Gasteiger partial charge in [0.05, 0.1) is 6.04 Å². The lowest BCUT2D eigenvalue weighted by atomic mass is 9.91. The van der Waals surface area contributed by atoms with Gasteiger partial charge in [0.15, 0.2) is 0 Å². The first-order valence-electron chi connectivity index (χ1n) is 10.3. The second kappa shape index (κ2) is 9.00. The van der Waals surface area contributed by atoms with Crippen LogP contribution >= 0.6 is 11.3 Å². The van der Waals surface area contributed by atoms with Gasteiger partial charge < -0.3 is 10.6 Å². The number of thiophene rings is 1. The van der Waals surface area contributed by atoms with E-state index in [0.717, 1.165) is 22.6 Å². The molecule has 30 heavy (non-hydrogen) atoms. The molecule has 2 N–H and O–H groups in total. The number of urea groups is 1. The van der Waals surface area contributed by atoms with Gasteiger partial charge in [0, 0.05) is 4.88 Å². The lowest BCUT2D eigenvalue weighted by Gasteiger charge is -2.24. The molecule has 0 unspecified atom stereocenters. The maximum absolute atomic E-state index is 13.1. The first kappa shape index (κ1) is 22.0. The monoisotopic (exact) mass is 427 g/mol. The van der Waals surface area contributed by atoms with Crippen LogP contribution in [0.3, 0.4) is 0 Å². The fourth-order valence-corrected chi connectivity index (χ4v) is 4.68. The quantitative estimate of drug-likeness (QED) is 0.626. The molecule has 2 heterocycles. The summed E-state index contributed by atoms with van der Waals surface area (Å²) in [6, 6.07) is 10.9. The minimum atomic E-state index is -1.17. The van der Waals surface area contributed by atoms with E-state index in [2.05, 4.69) is 17.6 Å². The molecule has 6 nitrogen and oxygen atoms in total. The van der Waals surface area contributed by atoms with Gasteiger partial charge in [0.1, 0.15) is 12.1 Å². The molecule has 1 aliphatic rings. The van der Waals surface area contributed by atoms with Gasteiger partial charge in [-0.15, -0.1) is 11.3 Å². The fourth-order valence-electron chi connectivity index (χ4n) is 3.73. The molecule has 4 amide bonds. The summed E-state index contributed by atoms with van der Waals surface area (Å²) < 4.78 is 0. The van der Waals surface area contributed by atoms with Crippen molar-refractivity contribution >= 4 is 29.2 Å². The van der Waals surface area contributed by atoms with Crippen LogP contribution in [0.25, 0.3) is 0 Å². The maximum atomic E-state index is 13.1. The number of amides is 4. The highest BCUT2D eigenvalue weighted by atomic mass is 32.1. The van der Waals surface area contributed by atoms with Crippen molar-refractivity contribution in [2.24, 2.45) is 5.92 Å². The van der Waals surface area contributed by atoms with Crippen LogP contribution in [0, 0.1) is 5.92 Å². The molecule has 0 aliphatic carbocycles. The van der Waals surface area contributed by atoms with Crippen LogP contribution in [0.1, 0.15) is 56.2 Å². The maximum Gasteiger partial charge on any atom is 0.325 e. The van der Waals surface area contributed by atoms with Crippen molar-refractivity contribution in [2.75, 3.05) is 6.54 Å². The van der Waals surface area contributed by atoms with E-state index in [1.807, 2.05) is 55.6 Å². The van der Waals surface area contributed by atoms with Gasteiger partial charge in [-0.3, -0.25) is 14.5 Å². The van der Waals surface area contributed by atoms with Crippen molar-refractivity contribution in [3.05, 3.63) is 57.8 Å². The third-order valence-corrected chi connectivity index (χ3v) is 6.43. The standard InChI is InChI=1S/C23H29N3O3S/c1-5-7-16-9-11-17(12-10-16)23(4)21(28)26(22(29)25-23)14-19(27)24-20(15(2)3)18-8-6-13-30-18/h6,8-13,15,20H,5,7,14H2,1-4H3,(H,24,27)(H,25,29)/t20-,23-/m1/s1. The largest absolute Gasteiger partial charge is 0.347 e. The van der Waals surface area contributed by atoms with E-state index in [4.69, 9.17) is 0 Å². The Bertz CT molecular complexity index is 908. The number of imide groups is 1. The molecule has 3 rings (SSSR count). The van der Waals surface area contributed by atoms with Gasteiger partial charge in [0.2, 0.25) is 5.91 Å². The number of rotatable bonds is 8. The van der Waals surface area contributed by atoms with Gasteiger partial charge in [-0.1, -0.05) is 57.5 Å². The second-order valence-corrected chi connectivity index (χ2v) is 9.18. The molecule has 1 aromatic heterocycles. The van der Waals surface area contributed by atoms with Crippen molar-refractivity contribution in [3.63, 3.8) is 0 Å². The molecule has 0 radical (unpaired) electrons. The number of hydrogen-bond donors (Lipinski definition) is 2. The summed E-state index contributed by atoms with van der Waals surface area (Å²) in [6.07, 6.45) is 2.00. The van der Waals surface area contributed by atoms with Crippen LogP contribution in [-0.4, -0.2) is 29.3 Å². The van der Waals surface area contributed by atoms with E-state index >= 15 is 0 Å². The molecular weight excluding hydrogens is 398 g/mol. The minimum Gasteiger partial charge on any atom is -0.347 e. The predicted octanol–water partition coefficient (Wildman–Crippen LogP) is 3.98. The van der Waals surface area contributed by atoms with E-state index in [1.165, 1.54) is 5.56 Å². The van der Waals surface area contributed by atoms with Gasteiger partial charge in [0.25, 0.3) is 5.91 Å². The van der Waals surface area contributed by atoms with Gasteiger partial charge in [-0.2, -0.15) is 0 Å². The van der Waals surface area contributed by atoms with Crippen molar-refractivity contribution in [3.8, 4) is 0 Å². The molecule has 7 heteroatoms. The number of carbonyl (C=O) groups is 3. The Morgan fingerprint density at radius 3 is 2.47 bits per heavy atom. The molecule has 2 atom stereocenters. The summed E-state index contributed by atoms with van der Waals surface area (Å²) in [5.41, 5.74) is 0.723. The normalized spacial score (nSPS) is 19.8. The first-order chi connectivity index (χ1) is 14.3. The lowest BCUT2D eigenvalue weighted by molar-refractivity contribution is -0.135. The van der Waals surface area contributed by atoms with E-state index < -0.39 is 17.5 Å². The Kier molecular flexibility index (Phi) is 6.61. The number of nitrogens with one attached hydrogen (secondary N) is 2. The van der Waals surface area contributed by atoms with Crippen molar-refractivity contribution in [1.82, 2.24) is 15.5 Å². The fraction of sp³-hybridized carbons (Fsp3) is 0.435. The Morgan fingerprint density at radius 1 is 1.20 bits per heavy atom. The van der Waals surface area contributed by atoms with Crippen molar-refractivity contribution < 1.29 is 14.4 Å². The highest BCUT2D eigenvalue weighted by Gasteiger charge is 2.49. The molecule has 1 aliphatic heterocycles. The minimum absolute atomic E-state index is 0.157. The average Bonchev–Trinajstić information content (AvgIpc) is 3.30. The van der Waals surface area contributed by atoms with Gasteiger partial charge in [-0.05, 0) is 41.8 Å². The molecule has 1 fully saturated rings. The van der Waals surface area contributed by atoms with E-state index in [-0.39, 0.29) is 24.4 Å². The number of carbonyl (C=O) groups excluding carboxylic acids is 3. The Balaban J connectivity index is 1.72. The third-order valence-electron chi connectivity index (χ3n) is 5.48. The molecule has 160 valence electrons. The highest BCUT2D eigenvalue weighted by Crippen LogP contribution is 2.30. The summed E-state index contributed by atoms with van der Waals surface area (Å²) in [7, 11) is 0. The predicted molar refractivity (Wildman–Crippen MR) is 118 cm³/mol. The van der Waals surface area contributed by atoms with Crippen LogP contribution in [0.15, 0.2) is 41.8 Å². The summed E-state index contributed by atoms with van der Waals surface area (Å²) >= 11 is 1.57. The Labute approximate surface area is 181 Å². The highest BCUT2D eigenvalue weighted by molar-refractivity contribution is 7.10. The van der Waals surface area contributed by atoms with Crippen LogP contribution in [0.5, 0.6) is 0 Å². The summed E-state index contributed by atoms with van der Waals surface area (Å²) in [4.78, 5) is 40.4. The Hall–Kier alpha value is -2.67. The summed E-state index contributed by atoms with van der Waals surface area (Å²) in [5.74, 6) is -0.584. The van der Waals surface area contributed by atoms with Crippen LogP contribution < -0.4 is 10.6 Å². The average molecular weight is 428 g/mol. The number of benzene rings is 1. The molecule has 0 spiro atoms. The zero-order valence-corrected chi connectivity index (χ0v) is 18.7. The summed E-state index contributed by atoms with van der Waals surface area (Å²) in [5, 5.41) is 7.70. The zero-order chi connectivity index (χ0) is 21.9. The van der Waals surface area contributed by atoms with E-state index in [9.17, 15) is 14.4 Å². The van der Waals surface area contributed by atoms with Crippen molar-refractivity contribution in [2.45, 2.75) is 52.1 Å². The SMILES string of the molecule is CCCc1ccc([C@@]2(C)NC(=O)N(CC(=O)N[C@@H](c3cccs3)C(C)C)C2=O)cc1. The Morgan fingerprint density at radius 2 is 1.90 bits per heavy atom. The van der Waals surface area contributed by atoms with Gasteiger partial charge in [-0.25, -0.2) is 4.79 Å². The first-order valence-corrected chi connectivity index (χ1v) is 11.2. The zero-order valence-electron chi connectivity index (χ0n) is 17.9. The lowest BCUT2D eigenvalue weighted by Crippen LogP contribution is -2.44. The molecule has 2 aromatic rings. The van der Waals surface area contributed by atoms with E-state index in [0.29, 0.717) is 5.56 Å². The molecule has 1 saturated heterocycles. The second-order valence-electron chi connectivity index (χ2n) is 8.20. The number of aryl methyl sites for hydroxylation is 1. The molecule has 0 saturated carbocycles. The van der Waals surface area contributed by atoms with E-state index in [1.54, 1.807) is 18.3 Å². The number of nitrogens with zero attached hydrogens (tertiary/aromatic N) is 1. The van der Waals surface area contributed by atoms with Gasteiger partial charge >= 0.3 is 6.03 Å². The molecular formula is C23H29N3O3S. The van der Waals surface area contributed by atoms with Crippen molar-refractivity contribution in [1.29, 1.82) is 0 Å². The van der Waals surface area contributed by atoms with Crippen LogP contribution in [0.2, 0.25) is 0 Å².